The van der Waals surface area contributed by atoms with Gasteiger partial charge in [-0.15, -0.1) is 0 Å². The van der Waals surface area contributed by atoms with Crippen molar-refractivity contribution < 1.29 is 9.90 Å². The zero-order chi connectivity index (χ0) is 10.0. The first-order chi connectivity index (χ1) is 6.07. The normalized spacial score (nSPS) is 12.8. The van der Waals surface area contributed by atoms with Gasteiger partial charge >= 0.3 is 5.97 Å². The van der Waals surface area contributed by atoms with Crippen LogP contribution in [0, 0.1) is 0 Å². The summed E-state index contributed by atoms with van der Waals surface area (Å²) in [6.45, 7) is 3.86. The lowest BCUT2D eigenvalue weighted by atomic mass is 10.2. The van der Waals surface area contributed by atoms with E-state index in [1.165, 1.54) is 10.9 Å². The van der Waals surface area contributed by atoms with Crippen LogP contribution in [0.3, 0.4) is 0 Å². The minimum absolute atomic E-state index is 0.0543. The second-order valence-corrected chi connectivity index (χ2v) is 3.26. The van der Waals surface area contributed by atoms with E-state index < -0.39 is 5.97 Å². The van der Waals surface area contributed by atoms with Crippen LogP contribution in [0.4, 0.5) is 0 Å². The predicted octanol–water partition coefficient (Wildman–Crippen LogP) is 2.21. The van der Waals surface area contributed by atoms with Crippen LogP contribution in [-0.2, 0) is 0 Å². The van der Waals surface area contributed by atoms with Gasteiger partial charge in [-0.2, -0.15) is 5.10 Å². The maximum atomic E-state index is 10.8. The molecule has 4 nitrogen and oxygen atoms in total. The van der Waals surface area contributed by atoms with Crippen LogP contribution < -0.4 is 0 Å². The van der Waals surface area contributed by atoms with Gasteiger partial charge < -0.3 is 5.11 Å². The molecule has 0 aliphatic carbocycles. The van der Waals surface area contributed by atoms with Crippen molar-refractivity contribution in [2.45, 2.75) is 26.3 Å². The van der Waals surface area contributed by atoms with E-state index >= 15 is 0 Å². The molecule has 0 aromatic carbocycles. The smallest absolute Gasteiger partial charge is 0.355 e. The van der Waals surface area contributed by atoms with Gasteiger partial charge in [-0.05, 0) is 13.3 Å². The molecule has 1 aromatic rings. The molecule has 72 valence electrons. The van der Waals surface area contributed by atoms with Gasteiger partial charge in [-0.25, -0.2) is 4.79 Å². The van der Waals surface area contributed by atoms with Crippen LogP contribution >= 0.6 is 11.6 Å². The molecule has 0 saturated heterocycles. The summed E-state index contributed by atoms with van der Waals surface area (Å²) in [5.74, 6) is -1.04. The molecule has 0 bridgehead atoms. The van der Waals surface area contributed by atoms with Gasteiger partial charge in [0.05, 0.1) is 11.2 Å². The van der Waals surface area contributed by atoms with Gasteiger partial charge in [0.25, 0.3) is 0 Å². The van der Waals surface area contributed by atoms with Gasteiger partial charge in [0.1, 0.15) is 0 Å². The molecule has 1 heterocycles. The van der Waals surface area contributed by atoms with Crippen molar-refractivity contribution in [1.82, 2.24) is 9.78 Å². The van der Waals surface area contributed by atoms with Crippen molar-refractivity contribution in [1.29, 1.82) is 0 Å². The maximum Gasteiger partial charge on any atom is 0.355 e. The SMILES string of the molecule is CC[C@H](C)n1ncc(Cl)c1C(=O)O. The number of halogens is 1. The first kappa shape index (κ1) is 10.1. The van der Waals surface area contributed by atoms with Crippen molar-refractivity contribution >= 4 is 17.6 Å². The third kappa shape index (κ3) is 1.83. The number of carboxylic acids is 1. The third-order valence-electron chi connectivity index (χ3n) is 1.96. The highest BCUT2D eigenvalue weighted by molar-refractivity contribution is 6.33. The van der Waals surface area contributed by atoms with Crippen molar-refractivity contribution in [3.63, 3.8) is 0 Å². The van der Waals surface area contributed by atoms with Gasteiger partial charge in [0.2, 0.25) is 0 Å². The largest absolute Gasteiger partial charge is 0.476 e. The minimum atomic E-state index is -1.04. The molecule has 0 radical (unpaired) electrons. The second kappa shape index (κ2) is 3.79. The molecule has 0 saturated carbocycles. The lowest BCUT2D eigenvalue weighted by Crippen LogP contribution is -2.13. The quantitative estimate of drug-likeness (QED) is 0.818. The fourth-order valence-corrected chi connectivity index (χ4v) is 1.26. The number of hydrogen-bond acceptors (Lipinski definition) is 2. The van der Waals surface area contributed by atoms with E-state index in [2.05, 4.69) is 5.10 Å². The summed E-state index contributed by atoms with van der Waals surface area (Å²) >= 11 is 5.68. The van der Waals surface area contributed by atoms with Crippen molar-refractivity contribution in [3.8, 4) is 0 Å². The Bertz CT molecular complexity index is 322. The third-order valence-corrected chi connectivity index (χ3v) is 2.24. The van der Waals surface area contributed by atoms with Crippen molar-refractivity contribution in [2.75, 3.05) is 0 Å². The number of carboxylic acid groups (broad SMARTS) is 1. The monoisotopic (exact) mass is 202 g/mol. The summed E-state index contributed by atoms with van der Waals surface area (Å²) in [6, 6.07) is 0.0543. The van der Waals surface area contributed by atoms with Gasteiger partial charge in [0, 0.05) is 6.04 Å². The molecule has 0 aliphatic heterocycles. The number of aromatic carboxylic acids is 1. The first-order valence-corrected chi connectivity index (χ1v) is 4.42. The Balaban J connectivity index is 3.14. The van der Waals surface area contributed by atoms with Gasteiger partial charge in [-0.1, -0.05) is 18.5 Å². The Morgan fingerprint density at radius 3 is 2.92 bits per heavy atom. The molecular formula is C8H11ClN2O2. The summed E-state index contributed by atoms with van der Waals surface area (Å²) in [5, 5.41) is 12.9. The van der Waals surface area contributed by atoms with Crippen LogP contribution in [0.15, 0.2) is 6.20 Å². The van der Waals surface area contributed by atoms with Crippen molar-refractivity contribution in [2.24, 2.45) is 0 Å². The van der Waals surface area contributed by atoms with Crippen LogP contribution in [0.2, 0.25) is 5.02 Å². The molecule has 0 fully saturated rings. The molecule has 13 heavy (non-hydrogen) atoms. The maximum absolute atomic E-state index is 10.8. The molecule has 5 heteroatoms. The van der Waals surface area contributed by atoms with Crippen LogP contribution in [0.25, 0.3) is 0 Å². The van der Waals surface area contributed by atoms with E-state index in [0.717, 1.165) is 6.42 Å². The number of rotatable bonds is 3. The Morgan fingerprint density at radius 2 is 2.46 bits per heavy atom. The molecule has 0 unspecified atom stereocenters. The summed E-state index contributed by atoms with van der Waals surface area (Å²) in [5.41, 5.74) is 0.0658. The molecule has 1 rings (SSSR count). The number of hydrogen-bond donors (Lipinski definition) is 1. The number of carbonyl (C=O) groups is 1. The Kier molecular flexibility index (Phi) is 2.93. The lowest BCUT2D eigenvalue weighted by Gasteiger charge is -2.10. The highest BCUT2D eigenvalue weighted by Gasteiger charge is 2.18. The molecule has 1 aromatic heterocycles. The van der Waals surface area contributed by atoms with Gasteiger partial charge in [-0.3, -0.25) is 4.68 Å². The molecule has 0 aliphatic rings. The highest BCUT2D eigenvalue weighted by Crippen LogP contribution is 2.20. The average Bonchev–Trinajstić information content (AvgIpc) is 2.45. The van der Waals surface area contributed by atoms with E-state index in [0.29, 0.717) is 0 Å². The van der Waals surface area contributed by atoms with Crippen LogP contribution in [0.1, 0.15) is 36.8 Å². The van der Waals surface area contributed by atoms with E-state index in [-0.39, 0.29) is 16.8 Å². The summed E-state index contributed by atoms with van der Waals surface area (Å²) in [6.07, 6.45) is 2.18. The summed E-state index contributed by atoms with van der Waals surface area (Å²) in [4.78, 5) is 10.8. The molecule has 0 spiro atoms. The van der Waals surface area contributed by atoms with Crippen LogP contribution in [-0.4, -0.2) is 20.9 Å². The first-order valence-electron chi connectivity index (χ1n) is 4.04. The van der Waals surface area contributed by atoms with E-state index in [1.54, 1.807) is 0 Å². The van der Waals surface area contributed by atoms with E-state index in [9.17, 15) is 4.79 Å². The van der Waals surface area contributed by atoms with Gasteiger partial charge in [0.15, 0.2) is 5.69 Å². The fourth-order valence-electron chi connectivity index (χ4n) is 1.05. The number of aromatic nitrogens is 2. The number of nitrogens with zero attached hydrogens (tertiary/aromatic N) is 2. The Morgan fingerprint density at radius 1 is 1.85 bits per heavy atom. The zero-order valence-corrected chi connectivity index (χ0v) is 8.25. The van der Waals surface area contributed by atoms with E-state index in [4.69, 9.17) is 16.7 Å². The molecule has 1 N–H and O–H groups in total. The van der Waals surface area contributed by atoms with Crippen molar-refractivity contribution in [3.05, 3.63) is 16.9 Å². The summed E-state index contributed by atoms with van der Waals surface area (Å²) < 4.78 is 1.44. The molecule has 1 atom stereocenters. The fraction of sp³-hybridized carbons (Fsp3) is 0.500. The predicted molar refractivity (Wildman–Crippen MR) is 49.2 cm³/mol. The molecule has 0 amide bonds. The molecular weight excluding hydrogens is 192 g/mol. The second-order valence-electron chi connectivity index (χ2n) is 2.85. The Labute approximate surface area is 81.1 Å². The minimum Gasteiger partial charge on any atom is -0.476 e. The Hall–Kier alpha value is -1.03. The zero-order valence-electron chi connectivity index (χ0n) is 7.49. The topological polar surface area (TPSA) is 55.1 Å². The van der Waals surface area contributed by atoms with E-state index in [1.807, 2.05) is 13.8 Å². The lowest BCUT2D eigenvalue weighted by molar-refractivity contribution is 0.0680. The average molecular weight is 203 g/mol. The highest BCUT2D eigenvalue weighted by atomic mass is 35.5. The van der Waals surface area contributed by atoms with Crippen LogP contribution in [0.5, 0.6) is 0 Å². The standard InChI is InChI=1S/C8H11ClN2O2/c1-3-5(2)11-7(8(12)13)6(9)4-10-11/h4-5H,3H2,1-2H3,(H,12,13)/t5-/m0/s1. The summed E-state index contributed by atoms with van der Waals surface area (Å²) in [7, 11) is 0.